The van der Waals surface area contributed by atoms with Crippen LogP contribution in [0.25, 0.3) is 0 Å². The van der Waals surface area contributed by atoms with E-state index in [1.165, 1.54) is 16.7 Å². The van der Waals surface area contributed by atoms with Gasteiger partial charge in [0.05, 0.1) is 0 Å². The van der Waals surface area contributed by atoms with Gasteiger partial charge in [0.15, 0.2) is 0 Å². The molecule has 0 bridgehead atoms. The Hall–Kier alpha value is -1.26. The lowest BCUT2D eigenvalue weighted by Gasteiger charge is -2.18. The quantitative estimate of drug-likeness (QED) is 0.410. The molecule has 0 aliphatic rings. The number of hydrogen-bond acceptors (Lipinski definition) is 0. The van der Waals surface area contributed by atoms with Gasteiger partial charge in [0, 0.05) is 0 Å². The first-order valence-corrected chi connectivity index (χ1v) is 5.29. The molecule has 0 spiro atoms. The van der Waals surface area contributed by atoms with Crippen LogP contribution in [0, 0.1) is 5.92 Å². The smallest absolute Gasteiger partial charge is 0.0123 e. The zero-order valence-corrected chi connectivity index (χ0v) is 10.1. The van der Waals surface area contributed by atoms with Crippen molar-refractivity contribution in [2.24, 2.45) is 5.92 Å². The van der Waals surface area contributed by atoms with E-state index in [9.17, 15) is 0 Å². The van der Waals surface area contributed by atoms with Gasteiger partial charge in [0.1, 0.15) is 0 Å². The fraction of sp³-hybridized carbons (Fsp3) is 0.400. The Morgan fingerprint density at radius 1 is 1.27 bits per heavy atom. The Bertz CT molecular complexity index is 298. The third-order valence-electron chi connectivity index (χ3n) is 2.43. The summed E-state index contributed by atoms with van der Waals surface area (Å²) in [5.41, 5.74) is 6.54. The molecule has 0 aliphatic heterocycles. The summed E-state index contributed by atoms with van der Waals surface area (Å²) >= 11 is 0. The topological polar surface area (TPSA) is 0 Å². The number of hydrogen-bond donors (Lipinski definition) is 0. The molecule has 0 heteroatoms. The fourth-order valence-electron chi connectivity index (χ4n) is 1.58. The largest absolute Gasteiger partial charge is 0.130 e. The predicted molar refractivity (Wildman–Crippen MR) is 69.8 cm³/mol. The lowest BCUT2D eigenvalue weighted by atomic mass is 9.86. The van der Waals surface area contributed by atoms with Crippen molar-refractivity contribution in [3.63, 3.8) is 0 Å². The molecule has 15 heavy (non-hydrogen) atoms. The minimum Gasteiger partial charge on any atom is -0.130 e. The molecule has 1 atom stereocenters. The van der Waals surface area contributed by atoms with Crippen LogP contribution in [-0.2, 0) is 0 Å². The summed E-state index contributed by atoms with van der Waals surface area (Å²) in [7, 11) is 0. The average molecular weight is 202 g/mol. The highest BCUT2D eigenvalue weighted by molar-refractivity contribution is 5.13. The maximum absolute atomic E-state index is 4.11. The molecule has 0 aromatic carbocycles. The molecular weight excluding hydrogens is 180 g/mol. The van der Waals surface area contributed by atoms with Crippen LogP contribution in [0.15, 0.2) is 54.8 Å². The van der Waals surface area contributed by atoms with E-state index in [4.69, 9.17) is 0 Å². The van der Waals surface area contributed by atoms with Gasteiger partial charge in [-0.05, 0) is 44.6 Å². The Morgan fingerprint density at radius 3 is 2.27 bits per heavy atom. The standard InChI is InChI=1S/C15H22/c1-7-9-14(6)15(10-12(3)4)11-13(5)8-2/h7,15H,1-3,6,9-11H2,4-5H3. The highest BCUT2D eigenvalue weighted by Crippen LogP contribution is 2.26. The molecule has 1 unspecified atom stereocenters. The van der Waals surface area contributed by atoms with E-state index in [2.05, 4.69) is 45.9 Å². The number of rotatable bonds is 7. The SMILES string of the molecule is C=C=C(C)CC(CC(=C)C)C(=C)CC=C. The summed E-state index contributed by atoms with van der Waals surface area (Å²) in [4.78, 5) is 0. The summed E-state index contributed by atoms with van der Waals surface area (Å²) < 4.78 is 0. The summed E-state index contributed by atoms with van der Waals surface area (Å²) in [6.45, 7) is 19.6. The third-order valence-corrected chi connectivity index (χ3v) is 2.43. The first kappa shape index (κ1) is 13.7. The van der Waals surface area contributed by atoms with E-state index in [0.29, 0.717) is 5.92 Å². The van der Waals surface area contributed by atoms with Crippen molar-refractivity contribution in [3.05, 3.63) is 54.8 Å². The monoisotopic (exact) mass is 202 g/mol. The van der Waals surface area contributed by atoms with Crippen LogP contribution >= 0.6 is 0 Å². The van der Waals surface area contributed by atoms with E-state index in [1.807, 2.05) is 6.08 Å². The maximum atomic E-state index is 4.11. The Labute approximate surface area is 94.4 Å². The Balaban J connectivity index is 4.56. The van der Waals surface area contributed by atoms with Gasteiger partial charge < -0.3 is 0 Å². The lowest BCUT2D eigenvalue weighted by Crippen LogP contribution is -2.04. The van der Waals surface area contributed by atoms with Gasteiger partial charge in [-0.15, -0.1) is 18.9 Å². The van der Waals surface area contributed by atoms with Crippen LogP contribution in [-0.4, -0.2) is 0 Å². The predicted octanol–water partition coefficient (Wildman–Crippen LogP) is 4.82. The molecule has 0 nitrogen and oxygen atoms in total. The Morgan fingerprint density at radius 2 is 1.87 bits per heavy atom. The van der Waals surface area contributed by atoms with Gasteiger partial charge in [-0.25, -0.2) is 0 Å². The van der Waals surface area contributed by atoms with Crippen LogP contribution < -0.4 is 0 Å². The molecular formula is C15H22. The molecule has 0 fully saturated rings. The minimum atomic E-state index is 0.453. The molecule has 0 saturated carbocycles. The lowest BCUT2D eigenvalue weighted by molar-refractivity contribution is 0.592. The maximum Gasteiger partial charge on any atom is -0.0123 e. The van der Waals surface area contributed by atoms with E-state index in [0.717, 1.165) is 19.3 Å². The van der Waals surface area contributed by atoms with E-state index < -0.39 is 0 Å². The molecule has 0 aromatic rings. The van der Waals surface area contributed by atoms with Gasteiger partial charge in [0.2, 0.25) is 0 Å². The minimum absolute atomic E-state index is 0.453. The zero-order valence-electron chi connectivity index (χ0n) is 10.1. The second-order valence-corrected chi connectivity index (χ2v) is 4.17. The van der Waals surface area contributed by atoms with Crippen LogP contribution in [0.5, 0.6) is 0 Å². The summed E-state index contributed by atoms with van der Waals surface area (Å²) in [6, 6.07) is 0. The second-order valence-electron chi connectivity index (χ2n) is 4.17. The molecule has 82 valence electrons. The molecule has 0 radical (unpaired) electrons. The highest BCUT2D eigenvalue weighted by atomic mass is 14.2. The van der Waals surface area contributed by atoms with Crippen molar-refractivity contribution in [1.82, 2.24) is 0 Å². The zero-order chi connectivity index (χ0) is 11.8. The normalized spacial score (nSPS) is 11.3. The summed E-state index contributed by atoms with van der Waals surface area (Å²) in [5.74, 6) is 0.453. The van der Waals surface area contributed by atoms with Crippen molar-refractivity contribution in [1.29, 1.82) is 0 Å². The van der Waals surface area contributed by atoms with Crippen molar-refractivity contribution in [3.8, 4) is 0 Å². The van der Waals surface area contributed by atoms with Crippen LogP contribution in [0.4, 0.5) is 0 Å². The second kappa shape index (κ2) is 7.09. The average Bonchev–Trinajstić information content (AvgIpc) is 2.16. The van der Waals surface area contributed by atoms with E-state index in [1.54, 1.807) is 0 Å². The molecule has 0 rings (SSSR count). The van der Waals surface area contributed by atoms with Gasteiger partial charge in [-0.2, -0.15) is 0 Å². The summed E-state index contributed by atoms with van der Waals surface area (Å²) in [6.07, 6.45) is 4.75. The molecule has 0 amide bonds. The first-order chi connectivity index (χ1) is 7.01. The van der Waals surface area contributed by atoms with Crippen LogP contribution in [0.2, 0.25) is 0 Å². The van der Waals surface area contributed by atoms with Gasteiger partial charge in [0.25, 0.3) is 0 Å². The van der Waals surface area contributed by atoms with Gasteiger partial charge >= 0.3 is 0 Å². The third kappa shape index (κ3) is 5.93. The Kier molecular flexibility index (Phi) is 6.49. The molecule has 0 aliphatic carbocycles. The van der Waals surface area contributed by atoms with Crippen LogP contribution in [0.1, 0.15) is 33.1 Å². The van der Waals surface area contributed by atoms with Crippen molar-refractivity contribution >= 4 is 0 Å². The number of allylic oxidation sites excluding steroid dienone is 4. The van der Waals surface area contributed by atoms with Gasteiger partial charge in [-0.3, -0.25) is 0 Å². The van der Waals surface area contributed by atoms with E-state index in [-0.39, 0.29) is 0 Å². The van der Waals surface area contributed by atoms with Gasteiger partial charge in [-0.1, -0.05) is 30.4 Å². The first-order valence-electron chi connectivity index (χ1n) is 5.29. The molecule has 0 N–H and O–H groups in total. The highest BCUT2D eigenvalue weighted by Gasteiger charge is 2.12. The van der Waals surface area contributed by atoms with Crippen molar-refractivity contribution < 1.29 is 0 Å². The van der Waals surface area contributed by atoms with E-state index >= 15 is 0 Å². The molecule has 0 aromatic heterocycles. The fourth-order valence-corrected chi connectivity index (χ4v) is 1.58. The summed E-state index contributed by atoms with van der Waals surface area (Å²) in [5, 5.41) is 0. The van der Waals surface area contributed by atoms with Crippen molar-refractivity contribution in [2.45, 2.75) is 33.1 Å². The molecule has 0 saturated heterocycles. The van der Waals surface area contributed by atoms with Crippen LogP contribution in [0.3, 0.4) is 0 Å². The van der Waals surface area contributed by atoms with Crippen molar-refractivity contribution in [2.75, 3.05) is 0 Å². The molecule has 0 heterocycles.